The summed E-state index contributed by atoms with van der Waals surface area (Å²) in [6.07, 6.45) is 6.65. The van der Waals surface area contributed by atoms with Crippen LogP contribution >= 0.6 is 8.73 Å². The summed E-state index contributed by atoms with van der Waals surface area (Å²) in [5.74, 6) is 0. The quantitative estimate of drug-likeness (QED) is 0.451. The highest BCUT2D eigenvalue weighted by molar-refractivity contribution is 7.35. The van der Waals surface area contributed by atoms with Gasteiger partial charge in [0.2, 0.25) is 0 Å². The first-order valence-electron chi connectivity index (χ1n) is 3.35. The molecular weight excluding hydrogens is 117 g/mol. The third-order valence-electron chi connectivity index (χ3n) is 1.17. The lowest BCUT2D eigenvalue weighted by Crippen LogP contribution is -1.81. The molecule has 1 unspecified atom stereocenters. The molecule has 0 saturated carbocycles. The van der Waals surface area contributed by atoms with Crippen molar-refractivity contribution in [1.29, 1.82) is 0 Å². The molecule has 0 spiro atoms. The summed E-state index contributed by atoms with van der Waals surface area (Å²) < 4.78 is 0. The van der Waals surface area contributed by atoms with Crippen LogP contribution in [0.1, 0.15) is 32.6 Å². The van der Waals surface area contributed by atoms with Crippen molar-refractivity contribution in [3.05, 3.63) is 0 Å². The number of hydrogen-bond acceptors (Lipinski definition) is 1. The summed E-state index contributed by atoms with van der Waals surface area (Å²) in [5.41, 5.74) is 5.34. The minimum Gasteiger partial charge on any atom is -0.312 e. The zero-order chi connectivity index (χ0) is 6.24. The summed E-state index contributed by atoms with van der Waals surface area (Å²) in [4.78, 5) is 0. The predicted molar refractivity (Wildman–Crippen MR) is 41.5 cm³/mol. The average molecular weight is 133 g/mol. The monoisotopic (exact) mass is 133 g/mol. The van der Waals surface area contributed by atoms with Gasteiger partial charge in [-0.25, -0.2) is 0 Å². The minimum absolute atomic E-state index is 0.669. The highest BCUT2D eigenvalue weighted by atomic mass is 31.1. The molecule has 0 aliphatic heterocycles. The Bertz CT molecular complexity index is 33.5. The van der Waals surface area contributed by atoms with Crippen LogP contribution in [0.4, 0.5) is 0 Å². The van der Waals surface area contributed by atoms with Gasteiger partial charge in [-0.3, -0.25) is 0 Å². The fraction of sp³-hybridized carbons (Fsp3) is 1.00. The molecule has 2 heteroatoms. The predicted octanol–water partition coefficient (Wildman–Crippen LogP) is 2.12. The molecule has 0 saturated heterocycles. The van der Waals surface area contributed by atoms with E-state index in [0.29, 0.717) is 8.73 Å². The standard InChI is InChI=1S/C6H16NP/c1-2-3-4-5-6-8-7/h8H,2-7H2,1H3. The molecule has 0 radical (unpaired) electrons. The number of unbranched alkanes of at least 4 members (excludes halogenated alkanes) is 3. The summed E-state index contributed by atoms with van der Waals surface area (Å²) in [5, 5.41) is 0. The van der Waals surface area contributed by atoms with Crippen molar-refractivity contribution in [3.63, 3.8) is 0 Å². The molecule has 0 aromatic heterocycles. The summed E-state index contributed by atoms with van der Waals surface area (Å²) in [6, 6.07) is 0. The Balaban J connectivity index is 2.53. The van der Waals surface area contributed by atoms with Gasteiger partial charge in [-0.05, 0) is 12.6 Å². The van der Waals surface area contributed by atoms with Gasteiger partial charge >= 0.3 is 0 Å². The maximum atomic E-state index is 5.34. The summed E-state index contributed by atoms with van der Waals surface area (Å²) >= 11 is 0. The fourth-order valence-corrected chi connectivity index (χ4v) is 1.11. The van der Waals surface area contributed by atoms with Gasteiger partial charge in [-0.15, -0.1) is 0 Å². The van der Waals surface area contributed by atoms with Crippen LogP contribution < -0.4 is 5.50 Å². The van der Waals surface area contributed by atoms with Crippen molar-refractivity contribution in [2.75, 3.05) is 6.16 Å². The van der Waals surface area contributed by atoms with Crippen molar-refractivity contribution in [2.45, 2.75) is 32.6 Å². The molecule has 0 amide bonds. The van der Waals surface area contributed by atoms with Gasteiger partial charge in [0.25, 0.3) is 0 Å². The van der Waals surface area contributed by atoms with Gasteiger partial charge in [0.05, 0.1) is 0 Å². The summed E-state index contributed by atoms with van der Waals surface area (Å²) in [6.45, 7) is 2.23. The molecule has 0 bridgehead atoms. The second kappa shape index (κ2) is 7.39. The Labute approximate surface area is 53.9 Å². The Kier molecular flexibility index (Phi) is 7.75. The lowest BCUT2D eigenvalue weighted by Gasteiger charge is -1.93. The Morgan fingerprint density at radius 3 is 2.50 bits per heavy atom. The van der Waals surface area contributed by atoms with Crippen molar-refractivity contribution in [1.82, 2.24) is 0 Å². The average Bonchev–Trinajstić information content (AvgIpc) is 1.81. The molecule has 1 atom stereocenters. The van der Waals surface area contributed by atoms with Crippen LogP contribution in [0, 0.1) is 0 Å². The van der Waals surface area contributed by atoms with Crippen LogP contribution in [0.15, 0.2) is 0 Å². The molecule has 0 aliphatic carbocycles. The first kappa shape index (κ1) is 8.39. The molecule has 0 aromatic rings. The number of rotatable bonds is 5. The smallest absolute Gasteiger partial charge is 0.0224 e. The maximum absolute atomic E-state index is 5.34. The van der Waals surface area contributed by atoms with Gasteiger partial charge in [0, 0.05) is 0 Å². The molecule has 0 rings (SSSR count). The first-order valence-corrected chi connectivity index (χ1v) is 4.63. The Morgan fingerprint density at radius 2 is 2.00 bits per heavy atom. The highest BCUT2D eigenvalue weighted by Gasteiger charge is 1.83. The minimum atomic E-state index is 0.669. The van der Waals surface area contributed by atoms with Crippen LogP contribution in [0.3, 0.4) is 0 Å². The molecule has 0 heterocycles. The third kappa shape index (κ3) is 6.39. The Morgan fingerprint density at radius 1 is 1.25 bits per heavy atom. The molecule has 0 fully saturated rings. The van der Waals surface area contributed by atoms with Crippen molar-refractivity contribution in [3.8, 4) is 0 Å². The zero-order valence-corrected chi connectivity index (χ0v) is 6.61. The van der Waals surface area contributed by atoms with E-state index in [1.54, 1.807) is 0 Å². The van der Waals surface area contributed by atoms with E-state index in [0.717, 1.165) is 0 Å². The van der Waals surface area contributed by atoms with Crippen LogP contribution in [0.25, 0.3) is 0 Å². The van der Waals surface area contributed by atoms with Crippen molar-refractivity contribution in [2.24, 2.45) is 5.50 Å². The second-order valence-corrected chi connectivity index (χ2v) is 2.92. The van der Waals surface area contributed by atoms with Crippen molar-refractivity contribution >= 4 is 8.73 Å². The maximum Gasteiger partial charge on any atom is -0.0224 e. The summed E-state index contributed by atoms with van der Waals surface area (Å²) in [7, 11) is 0.669. The molecule has 2 N–H and O–H groups in total. The topological polar surface area (TPSA) is 26.0 Å². The lowest BCUT2D eigenvalue weighted by molar-refractivity contribution is 0.705. The van der Waals surface area contributed by atoms with E-state index < -0.39 is 0 Å². The fourth-order valence-electron chi connectivity index (χ4n) is 0.654. The first-order chi connectivity index (χ1) is 3.91. The number of nitrogens with two attached hydrogens (primary N) is 1. The van der Waals surface area contributed by atoms with E-state index in [1.807, 2.05) is 0 Å². The van der Waals surface area contributed by atoms with E-state index in [2.05, 4.69) is 6.92 Å². The molecule has 50 valence electrons. The highest BCUT2D eigenvalue weighted by Crippen LogP contribution is 2.04. The molecular formula is C6H16NP. The molecule has 0 aromatic carbocycles. The lowest BCUT2D eigenvalue weighted by atomic mass is 10.2. The van der Waals surface area contributed by atoms with Crippen molar-refractivity contribution < 1.29 is 0 Å². The van der Waals surface area contributed by atoms with Gasteiger partial charge < -0.3 is 5.50 Å². The van der Waals surface area contributed by atoms with E-state index in [9.17, 15) is 0 Å². The van der Waals surface area contributed by atoms with Crippen LogP contribution in [-0.2, 0) is 0 Å². The van der Waals surface area contributed by atoms with E-state index in [-0.39, 0.29) is 0 Å². The molecule has 0 aliphatic rings. The van der Waals surface area contributed by atoms with Gasteiger partial charge in [-0.1, -0.05) is 34.9 Å². The van der Waals surface area contributed by atoms with E-state index in [1.165, 1.54) is 31.8 Å². The van der Waals surface area contributed by atoms with Crippen LogP contribution in [0.5, 0.6) is 0 Å². The molecule has 1 nitrogen and oxygen atoms in total. The van der Waals surface area contributed by atoms with Crippen LogP contribution in [0.2, 0.25) is 0 Å². The number of hydrogen-bond donors (Lipinski definition) is 1. The van der Waals surface area contributed by atoms with Gasteiger partial charge in [0.15, 0.2) is 0 Å². The van der Waals surface area contributed by atoms with Gasteiger partial charge in [0.1, 0.15) is 0 Å². The molecule has 8 heavy (non-hydrogen) atoms. The zero-order valence-electron chi connectivity index (χ0n) is 5.61. The normalized spacial score (nSPS) is 11.2. The van der Waals surface area contributed by atoms with Crippen LogP contribution in [-0.4, -0.2) is 6.16 Å². The third-order valence-corrected chi connectivity index (χ3v) is 1.82. The van der Waals surface area contributed by atoms with E-state index in [4.69, 9.17) is 5.50 Å². The van der Waals surface area contributed by atoms with E-state index >= 15 is 0 Å². The van der Waals surface area contributed by atoms with Gasteiger partial charge in [-0.2, -0.15) is 0 Å². The largest absolute Gasteiger partial charge is 0.312 e. The SMILES string of the molecule is CCCCCCPN. The second-order valence-electron chi connectivity index (χ2n) is 2.01. The Hall–Kier alpha value is 0.390.